The van der Waals surface area contributed by atoms with E-state index >= 15 is 0 Å². The Labute approximate surface area is 140 Å². The summed E-state index contributed by atoms with van der Waals surface area (Å²) in [6.07, 6.45) is 3.48. The highest BCUT2D eigenvalue weighted by molar-refractivity contribution is 6.25. The summed E-state index contributed by atoms with van der Waals surface area (Å²) < 4.78 is 10.9. The Morgan fingerprint density at radius 3 is 2.61 bits per heavy atom. The van der Waals surface area contributed by atoms with Gasteiger partial charge in [0.2, 0.25) is 6.04 Å². The predicted octanol–water partition coefficient (Wildman–Crippen LogP) is 2.60. The van der Waals surface area contributed by atoms with Crippen molar-refractivity contribution in [2.24, 2.45) is 29.1 Å². The molecule has 0 unspecified atom stereocenters. The molecule has 1 spiro atoms. The second-order valence-corrected chi connectivity index (χ2v) is 8.31. The molecule has 0 N–H and O–H groups in total. The number of fused-ring (bicyclic) bond motifs is 2. The number of carbonyl (C=O) groups is 1. The van der Waals surface area contributed by atoms with Crippen molar-refractivity contribution < 1.29 is 19.2 Å². The Balaban J connectivity index is 1.80. The first kappa shape index (κ1) is 15.6. The molecule has 0 aromatic carbocycles. The first-order valence-corrected chi connectivity index (χ1v) is 8.82. The lowest BCUT2D eigenvalue weighted by Crippen LogP contribution is -2.55. The number of nitrogens with zero attached hydrogens (tertiary/aromatic N) is 1. The molecule has 7 atom stereocenters. The Bertz CT molecular complexity index is 565. The van der Waals surface area contributed by atoms with Crippen LogP contribution in [0.1, 0.15) is 39.0 Å². The van der Waals surface area contributed by atoms with E-state index in [1.54, 1.807) is 0 Å². The van der Waals surface area contributed by atoms with Gasteiger partial charge in [0, 0.05) is 29.1 Å². The molecule has 2 bridgehead atoms. The Morgan fingerprint density at radius 1 is 1.35 bits per heavy atom. The minimum absolute atomic E-state index is 0.0450. The third kappa shape index (κ3) is 1.94. The summed E-state index contributed by atoms with van der Waals surface area (Å²) in [7, 11) is 1.41. The Hall–Kier alpha value is -0.880. The zero-order valence-corrected chi connectivity index (χ0v) is 14.1. The molecule has 4 aliphatic rings. The lowest BCUT2D eigenvalue weighted by atomic mass is 9.56. The average molecular weight is 344 g/mol. The monoisotopic (exact) mass is 343 g/mol. The number of hydrogen-bond donors (Lipinski definition) is 0. The van der Waals surface area contributed by atoms with Crippen LogP contribution in [0.5, 0.6) is 0 Å². The standard InChI is InChI=1S/C16H22ClNO5/c1-8-11-10(18(20)21)5-3-4-9(14(19)22-2)12(15(11)6-7-15)13-16(8,17)23-13/h8-13H,3-7H2,1-2H3/t8-,9-,10+,11+,12+,13+,16-/m0/s1. The molecule has 0 aromatic heterocycles. The van der Waals surface area contributed by atoms with Crippen LogP contribution in [0.15, 0.2) is 0 Å². The van der Waals surface area contributed by atoms with Gasteiger partial charge in [0.1, 0.15) is 6.10 Å². The van der Waals surface area contributed by atoms with Gasteiger partial charge in [0.15, 0.2) is 5.06 Å². The van der Waals surface area contributed by atoms with Gasteiger partial charge in [-0.3, -0.25) is 14.9 Å². The number of hydrogen-bond acceptors (Lipinski definition) is 5. The first-order chi connectivity index (χ1) is 10.9. The van der Waals surface area contributed by atoms with Gasteiger partial charge in [-0.05, 0) is 31.1 Å². The maximum Gasteiger partial charge on any atom is 0.309 e. The average Bonchev–Trinajstić information content (AvgIpc) is 3.39. The number of halogens is 1. The number of methoxy groups -OCH3 is 1. The maximum atomic E-state index is 12.4. The van der Waals surface area contributed by atoms with Crippen molar-refractivity contribution >= 4 is 17.6 Å². The van der Waals surface area contributed by atoms with Crippen LogP contribution in [0.25, 0.3) is 0 Å². The highest BCUT2D eigenvalue weighted by atomic mass is 35.5. The van der Waals surface area contributed by atoms with Gasteiger partial charge in [0.05, 0.1) is 13.0 Å². The van der Waals surface area contributed by atoms with Crippen molar-refractivity contribution in [3.05, 3.63) is 10.1 Å². The highest BCUT2D eigenvalue weighted by Gasteiger charge is 2.80. The van der Waals surface area contributed by atoms with Crippen LogP contribution in [0.2, 0.25) is 0 Å². The highest BCUT2D eigenvalue weighted by Crippen LogP contribution is 2.75. The first-order valence-electron chi connectivity index (χ1n) is 8.45. The van der Waals surface area contributed by atoms with E-state index in [1.807, 2.05) is 6.92 Å². The summed E-state index contributed by atoms with van der Waals surface area (Å²) in [6, 6.07) is -0.589. The summed E-state index contributed by atoms with van der Waals surface area (Å²) in [5.41, 5.74) is -0.171. The summed E-state index contributed by atoms with van der Waals surface area (Å²) in [4.78, 5) is 23.9. The van der Waals surface area contributed by atoms with E-state index in [9.17, 15) is 14.9 Å². The SMILES string of the molecule is COC(=O)[C@H]1CCC[C@@H]([N+](=O)[O-])[C@H]2[C@H](C)[C@]3(Cl)O[C@@H]3[C@@H]1C21CC1. The van der Waals surface area contributed by atoms with Crippen molar-refractivity contribution in [2.45, 2.75) is 56.2 Å². The molecule has 0 amide bonds. The molecule has 0 aromatic rings. The Morgan fingerprint density at radius 2 is 2.04 bits per heavy atom. The third-order valence-electron chi connectivity index (χ3n) is 6.92. The van der Waals surface area contributed by atoms with Crippen LogP contribution < -0.4 is 0 Å². The molecule has 6 nitrogen and oxygen atoms in total. The van der Waals surface area contributed by atoms with Gasteiger partial charge in [-0.25, -0.2) is 0 Å². The minimum Gasteiger partial charge on any atom is -0.469 e. The molecule has 3 aliphatic carbocycles. The van der Waals surface area contributed by atoms with Crippen LogP contribution in [-0.4, -0.2) is 35.2 Å². The van der Waals surface area contributed by atoms with E-state index in [0.29, 0.717) is 19.3 Å². The number of rotatable bonds is 2. The van der Waals surface area contributed by atoms with Crippen molar-refractivity contribution in [1.29, 1.82) is 0 Å². The van der Waals surface area contributed by atoms with Crippen LogP contribution in [0, 0.1) is 39.2 Å². The van der Waals surface area contributed by atoms with Gasteiger partial charge in [-0.15, -0.1) is 0 Å². The fourth-order valence-corrected chi connectivity index (χ4v) is 6.18. The number of nitro groups is 1. The second-order valence-electron chi connectivity index (χ2n) is 7.72. The van der Waals surface area contributed by atoms with Crippen LogP contribution in [-0.2, 0) is 14.3 Å². The number of alkyl halides is 1. The summed E-state index contributed by atoms with van der Waals surface area (Å²) in [5.74, 6) is -0.707. The zero-order chi connectivity index (χ0) is 16.6. The normalized spacial score (nSPS) is 49.5. The molecule has 4 fully saturated rings. The van der Waals surface area contributed by atoms with Crippen molar-refractivity contribution in [2.75, 3.05) is 7.11 Å². The van der Waals surface area contributed by atoms with Crippen LogP contribution >= 0.6 is 11.6 Å². The van der Waals surface area contributed by atoms with Crippen molar-refractivity contribution in [1.82, 2.24) is 0 Å². The lowest BCUT2D eigenvalue weighted by molar-refractivity contribution is -0.540. The fourth-order valence-electron chi connectivity index (χ4n) is 5.81. The topological polar surface area (TPSA) is 82.0 Å². The van der Waals surface area contributed by atoms with Gasteiger partial charge in [-0.1, -0.05) is 18.5 Å². The minimum atomic E-state index is -0.832. The molecule has 1 aliphatic heterocycles. The third-order valence-corrected chi connectivity index (χ3v) is 7.57. The predicted molar refractivity (Wildman–Crippen MR) is 81.4 cm³/mol. The van der Waals surface area contributed by atoms with E-state index < -0.39 is 11.1 Å². The van der Waals surface area contributed by atoms with Gasteiger partial charge in [-0.2, -0.15) is 0 Å². The van der Waals surface area contributed by atoms with E-state index in [-0.39, 0.29) is 46.1 Å². The molecule has 1 saturated heterocycles. The zero-order valence-electron chi connectivity index (χ0n) is 13.4. The second kappa shape index (κ2) is 4.82. The van der Waals surface area contributed by atoms with E-state index in [4.69, 9.17) is 21.1 Å². The van der Waals surface area contributed by atoms with E-state index in [1.165, 1.54) is 7.11 Å². The molecule has 128 valence electrons. The quantitative estimate of drug-likeness (QED) is 0.253. The summed E-state index contributed by atoms with van der Waals surface area (Å²) in [6.45, 7) is 1.99. The number of esters is 1. The summed E-state index contributed by atoms with van der Waals surface area (Å²) in [5, 5.41) is 10.9. The van der Waals surface area contributed by atoms with Crippen LogP contribution in [0.3, 0.4) is 0 Å². The fraction of sp³-hybridized carbons (Fsp3) is 0.938. The maximum absolute atomic E-state index is 12.4. The van der Waals surface area contributed by atoms with Gasteiger partial charge < -0.3 is 9.47 Å². The number of ether oxygens (including phenoxy) is 2. The van der Waals surface area contributed by atoms with Crippen molar-refractivity contribution in [3.8, 4) is 0 Å². The molecule has 4 rings (SSSR count). The van der Waals surface area contributed by atoms with E-state index in [0.717, 1.165) is 12.8 Å². The van der Waals surface area contributed by atoms with Crippen LogP contribution in [0.4, 0.5) is 0 Å². The number of carbonyl (C=O) groups excluding carboxylic acids is 1. The molecule has 7 heteroatoms. The van der Waals surface area contributed by atoms with Crippen molar-refractivity contribution in [3.63, 3.8) is 0 Å². The molecular weight excluding hydrogens is 322 g/mol. The van der Waals surface area contributed by atoms with Gasteiger partial charge in [0.25, 0.3) is 0 Å². The molecule has 23 heavy (non-hydrogen) atoms. The van der Waals surface area contributed by atoms with E-state index in [2.05, 4.69) is 0 Å². The number of epoxide rings is 1. The Kier molecular flexibility index (Phi) is 3.28. The lowest BCUT2D eigenvalue weighted by Gasteiger charge is -2.46. The smallest absolute Gasteiger partial charge is 0.309 e. The summed E-state index contributed by atoms with van der Waals surface area (Å²) >= 11 is 6.67. The molecule has 3 saturated carbocycles. The largest absolute Gasteiger partial charge is 0.469 e. The molecular formula is C16H22ClNO5. The molecule has 0 radical (unpaired) electrons. The molecule has 1 heterocycles. The van der Waals surface area contributed by atoms with Gasteiger partial charge >= 0.3 is 5.97 Å².